The first-order chi connectivity index (χ1) is 7.98. The maximum absolute atomic E-state index is 12.3. The second-order valence-corrected chi connectivity index (χ2v) is 7.25. The van der Waals surface area contributed by atoms with E-state index in [4.69, 9.17) is 0 Å². The van der Waals surface area contributed by atoms with Crippen molar-refractivity contribution in [1.82, 2.24) is 13.9 Å². The van der Waals surface area contributed by atoms with Gasteiger partial charge in [0, 0.05) is 31.7 Å². The van der Waals surface area contributed by atoms with Crippen LogP contribution in [0.4, 0.5) is 0 Å². The van der Waals surface area contributed by atoms with Crippen LogP contribution in [-0.2, 0) is 10.2 Å². The average molecular weight is 261 g/mol. The lowest BCUT2D eigenvalue weighted by Gasteiger charge is -2.39. The van der Waals surface area contributed by atoms with E-state index in [0.717, 1.165) is 25.7 Å². The molecule has 0 aromatic carbocycles. The van der Waals surface area contributed by atoms with Gasteiger partial charge in [0.1, 0.15) is 0 Å². The standard InChI is InChI=1S/C11H23N3O2S/c1-11(12-2)5-9-14(10-6-11)17(15,16)13-7-3-4-8-13/h12H,3-10H2,1-2H3. The van der Waals surface area contributed by atoms with Crippen molar-refractivity contribution in [3.05, 3.63) is 0 Å². The molecule has 0 aliphatic carbocycles. The fourth-order valence-corrected chi connectivity index (χ4v) is 4.23. The van der Waals surface area contributed by atoms with Gasteiger partial charge < -0.3 is 5.32 Å². The Kier molecular flexibility index (Phi) is 3.77. The topological polar surface area (TPSA) is 52.7 Å². The van der Waals surface area contributed by atoms with E-state index in [9.17, 15) is 8.42 Å². The zero-order chi connectivity index (χ0) is 12.5. The molecule has 0 aromatic heterocycles. The third kappa shape index (κ3) is 2.65. The van der Waals surface area contributed by atoms with Gasteiger partial charge in [-0.2, -0.15) is 17.0 Å². The summed E-state index contributed by atoms with van der Waals surface area (Å²) in [6.45, 7) is 4.82. The summed E-state index contributed by atoms with van der Waals surface area (Å²) < 4.78 is 27.9. The number of rotatable bonds is 3. The smallest absolute Gasteiger partial charge is 0.281 e. The molecule has 0 radical (unpaired) electrons. The van der Waals surface area contributed by atoms with Crippen molar-refractivity contribution in [3.8, 4) is 0 Å². The predicted octanol–water partition coefficient (Wildman–Crippen LogP) is 0.401. The summed E-state index contributed by atoms with van der Waals surface area (Å²) in [5.41, 5.74) is 0.0943. The highest BCUT2D eigenvalue weighted by Crippen LogP contribution is 2.25. The van der Waals surface area contributed by atoms with E-state index in [-0.39, 0.29) is 5.54 Å². The number of piperidine rings is 1. The molecule has 0 atom stereocenters. The minimum Gasteiger partial charge on any atom is -0.314 e. The molecular formula is C11H23N3O2S. The number of nitrogens with one attached hydrogen (secondary N) is 1. The zero-order valence-electron chi connectivity index (χ0n) is 10.8. The molecule has 0 aromatic rings. The Hall–Kier alpha value is -0.170. The molecule has 5 nitrogen and oxygen atoms in total. The average Bonchev–Trinajstić information content (AvgIpc) is 2.84. The van der Waals surface area contributed by atoms with Crippen LogP contribution in [0.2, 0.25) is 0 Å². The molecule has 2 heterocycles. The van der Waals surface area contributed by atoms with E-state index in [0.29, 0.717) is 26.2 Å². The second kappa shape index (κ2) is 4.84. The normalized spacial score (nSPS) is 27.4. The van der Waals surface area contributed by atoms with E-state index < -0.39 is 10.2 Å². The summed E-state index contributed by atoms with van der Waals surface area (Å²) >= 11 is 0. The van der Waals surface area contributed by atoms with Crippen LogP contribution in [0, 0.1) is 0 Å². The van der Waals surface area contributed by atoms with Gasteiger partial charge in [0.25, 0.3) is 10.2 Å². The summed E-state index contributed by atoms with van der Waals surface area (Å²) in [7, 11) is -1.23. The maximum Gasteiger partial charge on any atom is 0.281 e. The third-order valence-electron chi connectivity index (χ3n) is 4.15. The lowest BCUT2D eigenvalue weighted by atomic mass is 9.91. The van der Waals surface area contributed by atoms with E-state index in [1.54, 1.807) is 8.61 Å². The third-order valence-corrected chi connectivity index (χ3v) is 6.18. The Bertz CT molecular complexity index is 355. The van der Waals surface area contributed by atoms with Gasteiger partial charge in [-0.15, -0.1) is 0 Å². The zero-order valence-corrected chi connectivity index (χ0v) is 11.6. The highest BCUT2D eigenvalue weighted by atomic mass is 32.2. The molecule has 1 N–H and O–H groups in total. The van der Waals surface area contributed by atoms with Crippen LogP contribution in [0.5, 0.6) is 0 Å². The van der Waals surface area contributed by atoms with Gasteiger partial charge >= 0.3 is 0 Å². The van der Waals surface area contributed by atoms with E-state index in [2.05, 4.69) is 12.2 Å². The van der Waals surface area contributed by atoms with Crippen LogP contribution in [0.1, 0.15) is 32.6 Å². The first-order valence-corrected chi connectivity index (χ1v) is 7.82. The maximum atomic E-state index is 12.3. The molecule has 6 heteroatoms. The molecule has 100 valence electrons. The summed E-state index contributed by atoms with van der Waals surface area (Å²) in [6, 6.07) is 0. The SMILES string of the molecule is CNC1(C)CCN(S(=O)(=O)N2CCCC2)CC1. The van der Waals surface area contributed by atoms with Crippen molar-refractivity contribution in [2.75, 3.05) is 33.2 Å². The Morgan fingerprint density at radius 1 is 1.00 bits per heavy atom. The van der Waals surface area contributed by atoms with Gasteiger partial charge in [-0.1, -0.05) is 0 Å². The highest BCUT2D eigenvalue weighted by Gasteiger charge is 2.37. The van der Waals surface area contributed by atoms with Gasteiger partial charge in [0.2, 0.25) is 0 Å². The number of hydrogen-bond donors (Lipinski definition) is 1. The molecule has 0 unspecified atom stereocenters. The van der Waals surface area contributed by atoms with Crippen LogP contribution in [0.15, 0.2) is 0 Å². The predicted molar refractivity (Wildman–Crippen MR) is 68.0 cm³/mol. The fourth-order valence-electron chi connectivity index (χ4n) is 2.54. The quantitative estimate of drug-likeness (QED) is 0.800. The van der Waals surface area contributed by atoms with Crippen LogP contribution < -0.4 is 5.32 Å². The Morgan fingerprint density at radius 3 is 1.94 bits per heavy atom. The first kappa shape index (κ1) is 13.3. The van der Waals surface area contributed by atoms with Gasteiger partial charge in [-0.25, -0.2) is 0 Å². The van der Waals surface area contributed by atoms with Crippen molar-refractivity contribution < 1.29 is 8.42 Å². The lowest BCUT2D eigenvalue weighted by molar-refractivity contribution is 0.211. The molecule has 0 spiro atoms. The van der Waals surface area contributed by atoms with Gasteiger partial charge in [0.05, 0.1) is 0 Å². The molecular weight excluding hydrogens is 238 g/mol. The van der Waals surface area contributed by atoms with E-state index >= 15 is 0 Å². The van der Waals surface area contributed by atoms with Gasteiger partial charge in [0.15, 0.2) is 0 Å². The van der Waals surface area contributed by atoms with Crippen molar-refractivity contribution in [2.45, 2.75) is 38.1 Å². The summed E-state index contributed by atoms with van der Waals surface area (Å²) in [5, 5.41) is 3.29. The Labute approximate surface area is 104 Å². The number of hydrogen-bond acceptors (Lipinski definition) is 3. The summed E-state index contributed by atoms with van der Waals surface area (Å²) in [4.78, 5) is 0. The monoisotopic (exact) mass is 261 g/mol. The van der Waals surface area contributed by atoms with E-state index in [1.807, 2.05) is 7.05 Å². The van der Waals surface area contributed by atoms with E-state index in [1.165, 1.54) is 0 Å². The van der Waals surface area contributed by atoms with Crippen molar-refractivity contribution in [3.63, 3.8) is 0 Å². The minimum atomic E-state index is -3.18. The summed E-state index contributed by atoms with van der Waals surface area (Å²) in [5.74, 6) is 0. The van der Waals surface area contributed by atoms with Crippen molar-refractivity contribution in [2.24, 2.45) is 0 Å². The fraction of sp³-hybridized carbons (Fsp3) is 1.00. The number of nitrogens with zero attached hydrogens (tertiary/aromatic N) is 2. The van der Waals surface area contributed by atoms with Crippen molar-refractivity contribution in [1.29, 1.82) is 0 Å². The van der Waals surface area contributed by atoms with Crippen LogP contribution >= 0.6 is 0 Å². The lowest BCUT2D eigenvalue weighted by Crippen LogP contribution is -2.53. The largest absolute Gasteiger partial charge is 0.314 e. The van der Waals surface area contributed by atoms with Crippen LogP contribution in [0.3, 0.4) is 0 Å². The minimum absolute atomic E-state index is 0.0943. The van der Waals surface area contributed by atoms with Crippen molar-refractivity contribution >= 4 is 10.2 Å². The Morgan fingerprint density at radius 2 is 1.47 bits per heavy atom. The molecule has 2 rings (SSSR count). The first-order valence-electron chi connectivity index (χ1n) is 6.42. The molecule has 17 heavy (non-hydrogen) atoms. The molecule has 2 saturated heterocycles. The molecule has 2 aliphatic rings. The molecule has 0 bridgehead atoms. The molecule has 2 fully saturated rings. The molecule has 2 aliphatic heterocycles. The summed E-state index contributed by atoms with van der Waals surface area (Å²) in [6.07, 6.45) is 3.77. The van der Waals surface area contributed by atoms with Gasteiger partial charge in [-0.05, 0) is 39.7 Å². The molecule has 0 amide bonds. The Balaban J connectivity index is 2.00. The molecule has 0 saturated carbocycles. The van der Waals surface area contributed by atoms with Gasteiger partial charge in [-0.3, -0.25) is 0 Å². The van der Waals surface area contributed by atoms with Crippen LogP contribution in [-0.4, -0.2) is 55.8 Å². The highest BCUT2D eigenvalue weighted by molar-refractivity contribution is 7.86. The van der Waals surface area contributed by atoms with Crippen LogP contribution in [0.25, 0.3) is 0 Å². The second-order valence-electron chi connectivity index (χ2n) is 5.32.